The molecule has 1 aromatic heterocycles. The van der Waals surface area contributed by atoms with Gasteiger partial charge in [-0.1, -0.05) is 15.9 Å². The average Bonchev–Trinajstić information content (AvgIpc) is 2.72. The predicted molar refractivity (Wildman–Crippen MR) is 82.2 cm³/mol. The van der Waals surface area contributed by atoms with Crippen molar-refractivity contribution >= 4 is 43.2 Å². The zero-order valence-electron chi connectivity index (χ0n) is 10.2. The summed E-state index contributed by atoms with van der Waals surface area (Å²) in [5.41, 5.74) is 2.21. The van der Waals surface area contributed by atoms with E-state index in [0.717, 1.165) is 26.1 Å². The Morgan fingerprint density at radius 1 is 1.22 bits per heavy atom. The molecule has 0 aliphatic carbocycles. The van der Waals surface area contributed by atoms with Crippen LogP contribution in [-0.2, 0) is 6.54 Å². The first kappa shape index (κ1) is 13.5. The quantitative estimate of drug-likeness (QED) is 0.856. The van der Waals surface area contributed by atoms with E-state index in [-0.39, 0.29) is 0 Å². The van der Waals surface area contributed by atoms with Crippen molar-refractivity contribution in [2.45, 2.75) is 6.54 Å². The van der Waals surface area contributed by atoms with Crippen LogP contribution in [0.5, 0.6) is 0 Å². The molecule has 0 saturated heterocycles. The number of nitrogens with zero attached hydrogens (tertiary/aromatic N) is 1. The highest BCUT2D eigenvalue weighted by Gasteiger charge is 2.07. The van der Waals surface area contributed by atoms with Gasteiger partial charge in [-0.3, -0.25) is 0 Å². The lowest BCUT2D eigenvalue weighted by molar-refractivity contribution is 0.516. The summed E-state index contributed by atoms with van der Waals surface area (Å²) in [6.45, 7) is 0.644. The monoisotopic (exact) mass is 372 g/mol. The van der Waals surface area contributed by atoms with Gasteiger partial charge in [-0.15, -0.1) is 0 Å². The van der Waals surface area contributed by atoms with E-state index >= 15 is 0 Å². The van der Waals surface area contributed by atoms with E-state index in [1.165, 1.54) is 0 Å². The van der Waals surface area contributed by atoms with Crippen LogP contribution in [0.4, 0.5) is 11.4 Å². The molecular weight excluding hydrogens is 360 g/mol. The molecule has 0 amide bonds. The van der Waals surface area contributed by atoms with Crippen LogP contribution in [0.15, 0.2) is 43.9 Å². The van der Waals surface area contributed by atoms with E-state index in [4.69, 9.17) is 4.42 Å². The van der Waals surface area contributed by atoms with Gasteiger partial charge < -0.3 is 14.6 Å². The Hall–Kier alpha value is -0.940. The van der Waals surface area contributed by atoms with Crippen LogP contribution >= 0.6 is 31.9 Å². The molecule has 96 valence electrons. The van der Waals surface area contributed by atoms with Crippen LogP contribution in [-0.4, -0.2) is 14.1 Å². The van der Waals surface area contributed by atoms with Crippen LogP contribution in [0.1, 0.15) is 5.76 Å². The molecule has 0 bridgehead atoms. The van der Waals surface area contributed by atoms with Crippen molar-refractivity contribution in [2.24, 2.45) is 0 Å². The summed E-state index contributed by atoms with van der Waals surface area (Å²) < 4.78 is 7.41. The fourth-order valence-electron chi connectivity index (χ4n) is 1.67. The van der Waals surface area contributed by atoms with Gasteiger partial charge in [0.1, 0.15) is 5.76 Å². The molecule has 3 nitrogen and oxygen atoms in total. The fourth-order valence-corrected chi connectivity index (χ4v) is 2.37. The van der Waals surface area contributed by atoms with E-state index in [1.807, 2.05) is 26.2 Å². The molecule has 0 unspecified atom stereocenters. The number of anilines is 2. The molecule has 1 heterocycles. The maximum Gasteiger partial charge on any atom is 0.136 e. The number of rotatable bonds is 4. The summed E-state index contributed by atoms with van der Waals surface area (Å²) in [5.74, 6) is 0.889. The molecule has 1 aromatic carbocycles. The highest BCUT2D eigenvalue weighted by atomic mass is 79.9. The van der Waals surface area contributed by atoms with Crippen molar-refractivity contribution in [2.75, 3.05) is 24.3 Å². The second-order valence-corrected chi connectivity index (χ2v) is 5.87. The van der Waals surface area contributed by atoms with Gasteiger partial charge in [0.25, 0.3) is 0 Å². The minimum Gasteiger partial charge on any atom is -0.466 e. The minimum absolute atomic E-state index is 0.644. The molecule has 0 spiro atoms. The molecule has 5 heteroatoms. The topological polar surface area (TPSA) is 28.4 Å². The van der Waals surface area contributed by atoms with Gasteiger partial charge in [-0.2, -0.15) is 0 Å². The Labute approximate surface area is 123 Å². The standard InChI is InChI=1S/C13H14Br2N2O/c1-17(2)12-4-3-9(14)7-11(12)16-8-13-10(15)5-6-18-13/h3-7,16H,8H2,1-2H3. The van der Waals surface area contributed by atoms with E-state index in [2.05, 4.69) is 54.2 Å². The van der Waals surface area contributed by atoms with Gasteiger partial charge >= 0.3 is 0 Å². The van der Waals surface area contributed by atoms with Crippen molar-refractivity contribution in [3.8, 4) is 0 Å². The molecule has 0 aliphatic rings. The zero-order chi connectivity index (χ0) is 13.1. The van der Waals surface area contributed by atoms with Crippen LogP contribution in [0.25, 0.3) is 0 Å². The van der Waals surface area contributed by atoms with E-state index in [0.29, 0.717) is 6.54 Å². The van der Waals surface area contributed by atoms with Crippen LogP contribution < -0.4 is 10.2 Å². The zero-order valence-corrected chi connectivity index (χ0v) is 13.4. The van der Waals surface area contributed by atoms with Gasteiger partial charge in [-0.05, 0) is 40.2 Å². The van der Waals surface area contributed by atoms with Crippen molar-refractivity contribution in [3.63, 3.8) is 0 Å². The third-order valence-electron chi connectivity index (χ3n) is 2.57. The van der Waals surface area contributed by atoms with E-state index < -0.39 is 0 Å². The van der Waals surface area contributed by atoms with Crippen LogP contribution in [0.2, 0.25) is 0 Å². The van der Waals surface area contributed by atoms with Crippen LogP contribution in [0, 0.1) is 0 Å². The highest BCUT2D eigenvalue weighted by Crippen LogP contribution is 2.29. The molecule has 2 rings (SSSR count). The number of benzene rings is 1. The van der Waals surface area contributed by atoms with E-state index in [9.17, 15) is 0 Å². The number of hydrogen-bond donors (Lipinski definition) is 1. The third-order valence-corrected chi connectivity index (χ3v) is 3.77. The second-order valence-electron chi connectivity index (χ2n) is 4.10. The summed E-state index contributed by atoms with van der Waals surface area (Å²) >= 11 is 6.94. The Morgan fingerprint density at radius 3 is 2.61 bits per heavy atom. The summed E-state index contributed by atoms with van der Waals surface area (Å²) in [4.78, 5) is 2.08. The van der Waals surface area contributed by atoms with Gasteiger partial charge in [0.15, 0.2) is 0 Å². The third kappa shape index (κ3) is 3.09. The summed E-state index contributed by atoms with van der Waals surface area (Å²) in [7, 11) is 4.05. The smallest absolute Gasteiger partial charge is 0.136 e. The van der Waals surface area contributed by atoms with Crippen LogP contribution in [0.3, 0.4) is 0 Å². The Kier molecular flexibility index (Phi) is 4.35. The lowest BCUT2D eigenvalue weighted by Crippen LogP contribution is -2.12. The van der Waals surface area contributed by atoms with Crippen molar-refractivity contribution in [1.29, 1.82) is 0 Å². The fraction of sp³-hybridized carbons (Fsp3) is 0.231. The first-order valence-corrected chi connectivity index (χ1v) is 7.09. The first-order chi connectivity index (χ1) is 8.58. The molecule has 0 aliphatic heterocycles. The maximum absolute atomic E-state index is 5.38. The summed E-state index contributed by atoms with van der Waals surface area (Å²) in [5, 5.41) is 3.38. The average molecular weight is 374 g/mol. The Morgan fingerprint density at radius 2 is 2.00 bits per heavy atom. The SMILES string of the molecule is CN(C)c1ccc(Br)cc1NCc1occc1Br. The molecule has 1 N–H and O–H groups in total. The molecule has 0 atom stereocenters. The molecule has 0 radical (unpaired) electrons. The first-order valence-electron chi connectivity index (χ1n) is 5.50. The normalized spacial score (nSPS) is 10.4. The molecule has 18 heavy (non-hydrogen) atoms. The van der Waals surface area contributed by atoms with Gasteiger partial charge in [0.05, 0.1) is 28.7 Å². The lowest BCUT2D eigenvalue weighted by Gasteiger charge is -2.18. The molecular formula is C13H14Br2N2O. The number of nitrogens with one attached hydrogen (secondary N) is 1. The van der Waals surface area contributed by atoms with Gasteiger partial charge in [0.2, 0.25) is 0 Å². The maximum atomic E-state index is 5.38. The lowest BCUT2D eigenvalue weighted by atomic mass is 10.2. The largest absolute Gasteiger partial charge is 0.466 e. The molecule has 2 aromatic rings. The number of furan rings is 1. The molecule has 0 saturated carbocycles. The van der Waals surface area contributed by atoms with Gasteiger partial charge in [-0.25, -0.2) is 0 Å². The van der Waals surface area contributed by atoms with Crippen molar-refractivity contribution in [1.82, 2.24) is 0 Å². The van der Waals surface area contributed by atoms with E-state index in [1.54, 1.807) is 6.26 Å². The van der Waals surface area contributed by atoms with Crippen molar-refractivity contribution < 1.29 is 4.42 Å². The Bertz CT molecular complexity index is 538. The minimum atomic E-state index is 0.644. The summed E-state index contributed by atoms with van der Waals surface area (Å²) in [6.07, 6.45) is 1.68. The highest BCUT2D eigenvalue weighted by molar-refractivity contribution is 9.10. The molecule has 0 fully saturated rings. The predicted octanol–water partition coefficient (Wildman–Crippen LogP) is 4.48. The number of hydrogen-bond acceptors (Lipinski definition) is 3. The van der Waals surface area contributed by atoms with Gasteiger partial charge in [0, 0.05) is 18.6 Å². The van der Waals surface area contributed by atoms with Crippen molar-refractivity contribution in [3.05, 3.63) is 45.2 Å². The second kappa shape index (κ2) is 5.80. The summed E-state index contributed by atoms with van der Waals surface area (Å²) in [6, 6.07) is 8.06. The number of halogens is 2. The Balaban J connectivity index is 2.18.